The molecule has 0 heterocycles. The molecule has 0 rings (SSSR count). The largest absolute Gasteiger partial charge is 0.339 e. The molecule has 0 bridgehead atoms. The van der Waals surface area contributed by atoms with Crippen molar-refractivity contribution in [3.8, 4) is 12.3 Å². The first-order chi connectivity index (χ1) is 5.93. The van der Waals surface area contributed by atoms with Crippen molar-refractivity contribution in [2.45, 2.75) is 45.2 Å². The molecule has 0 aliphatic carbocycles. The molecule has 0 aliphatic rings. The van der Waals surface area contributed by atoms with Gasteiger partial charge in [0.05, 0.1) is 11.6 Å². The average molecular weight is 182 g/mol. The molecule has 3 nitrogen and oxygen atoms in total. The van der Waals surface area contributed by atoms with E-state index in [-0.39, 0.29) is 5.91 Å². The fraction of sp³-hybridized carbons (Fsp3) is 0.700. The van der Waals surface area contributed by atoms with E-state index in [9.17, 15) is 4.79 Å². The summed E-state index contributed by atoms with van der Waals surface area (Å²) in [5.41, 5.74) is 5.00. The Morgan fingerprint density at radius 3 is 2.62 bits per heavy atom. The SMILES string of the molecule is C#CC(C)(C)NC(=O)[C@@H](N)CCC. The molecule has 0 fully saturated rings. The second-order valence-electron chi connectivity index (χ2n) is 3.65. The Labute approximate surface area is 80.1 Å². The molecule has 0 saturated heterocycles. The molecule has 1 atom stereocenters. The van der Waals surface area contributed by atoms with Crippen molar-refractivity contribution in [3.63, 3.8) is 0 Å². The lowest BCUT2D eigenvalue weighted by molar-refractivity contribution is -0.123. The van der Waals surface area contributed by atoms with E-state index in [0.29, 0.717) is 6.42 Å². The number of nitrogens with one attached hydrogen (secondary N) is 1. The lowest BCUT2D eigenvalue weighted by atomic mass is 10.1. The van der Waals surface area contributed by atoms with Crippen LogP contribution in [-0.2, 0) is 4.79 Å². The van der Waals surface area contributed by atoms with Gasteiger partial charge in [-0.15, -0.1) is 6.42 Å². The van der Waals surface area contributed by atoms with Crippen LogP contribution in [-0.4, -0.2) is 17.5 Å². The zero-order chi connectivity index (χ0) is 10.5. The van der Waals surface area contributed by atoms with Crippen LogP contribution >= 0.6 is 0 Å². The van der Waals surface area contributed by atoms with Crippen LogP contribution < -0.4 is 11.1 Å². The summed E-state index contributed by atoms with van der Waals surface area (Å²) in [6.45, 7) is 5.52. The van der Waals surface area contributed by atoms with Crippen molar-refractivity contribution < 1.29 is 4.79 Å². The Morgan fingerprint density at radius 2 is 2.23 bits per heavy atom. The van der Waals surface area contributed by atoms with Crippen molar-refractivity contribution in [1.82, 2.24) is 5.32 Å². The topological polar surface area (TPSA) is 55.1 Å². The maximum absolute atomic E-state index is 11.4. The highest BCUT2D eigenvalue weighted by atomic mass is 16.2. The molecule has 0 spiro atoms. The van der Waals surface area contributed by atoms with Crippen molar-refractivity contribution in [2.75, 3.05) is 0 Å². The zero-order valence-corrected chi connectivity index (χ0v) is 8.55. The van der Waals surface area contributed by atoms with Gasteiger partial charge in [-0.3, -0.25) is 4.79 Å². The molecule has 3 heteroatoms. The average Bonchev–Trinajstić information content (AvgIpc) is 2.04. The standard InChI is InChI=1S/C10H18N2O/c1-5-7-8(11)9(13)12-10(3,4)6-2/h2,8H,5,7,11H2,1,3-4H3,(H,12,13)/t8-/m0/s1. The van der Waals surface area contributed by atoms with Crippen molar-refractivity contribution in [3.05, 3.63) is 0 Å². The molecular weight excluding hydrogens is 164 g/mol. The summed E-state index contributed by atoms with van der Waals surface area (Å²) in [5, 5.41) is 2.69. The van der Waals surface area contributed by atoms with Crippen LogP contribution in [0.1, 0.15) is 33.6 Å². The van der Waals surface area contributed by atoms with Gasteiger partial charge < -0.3 is 11.1 Å². The number of hydrogen-bond donors (Lipinski definition) is 2. The summed E-state index contributed by atoms with van der Waals surface area (Å²) in [4.78, 5) is 11.4. The summed E-state index contributed by atoms with van der Waals surface area (Å²) in [6, 6.07) is -0.447. The van der Waals surface area contributed by atoms with E-state index in [2.05, 4.69) is 11.2 Å². The maximum atomic E-state index is 11.4. The van der Waals surface area contributed by atoms with Crippen LogP contribution in [0.25, 0.3) is 0 Å². The van der Waals surface area contributed by atoms with Crippen LogP contribution in [0.4, 0.5) is 0 Å². The first kappa shape index (κ1) is 12.0. The monoisotopic (exact) mass is 182 g/mol. The number of carbonyl (C=O) groups excluding carboxylic acids is 1. The number of rotatable bonds is 4. The van der Waals surface area contributed by atoms with E-state index in [4.69, 9.17) is 12.2 Å². The van der Waals surface area contributed by atoms with Crippen LogP contribution in [0.5, 0.6) is 0 Å². The van der Waals surface area contributed by atoms with Crippen LogP contribution in [0.3, 0.4) is 0 Å². The molecule has 1 amide bonds. The van der Waals surface area contributed by atoms with Gasteiger partial charge in [-0.2, -0.15) is 0 Å². The molecule has 0 aliphatic heterocycles. The fourth-order valence-electron chi connectivity index (χ4n) is 0.879. The second kappa shape index (κ2) is 4.88. The van der Waals surface area contributed by atoms with Gasteiger partial charge in [0.15, 0.2) is 0 Å². The van der Waals surface area contributed by atoms with E-state index < -0.39 is 11.6 Å². The van der Waals surface area contributed by atoms with Gasteiger partial charge in [-0.25, -0.2) is 0 Å². The van der Waals surface area contributed by atoms with Crippen LogP contribution in [0, 0.1) is 12.3 Å². The quantitative estimate of drug-likeness (QED) is 0.627. The fourth-order valence-corrected chi connectivity index (χ4v) is 0.879. The first-order valence-corrected chi connectivity index (χ1v) is 4.48. The highest BCUT2D eigenvalue weighted by Crippen LogP contribution is 2.01. The Balaban J connectivity index is 4.09. The summed E-state index contributed by atoms with van der Waals surface area (Å²) < 4.78 is 0. The van der Waals surface area contributed by atoms with Gasteiger partial charge in [-0.05, 0) is 20.3 Å². The summed E-state index contributed by atoms with van der Waals surface area (Å²) in [6.07, 6.45) is 6.80. The van der Waals surface area contributed by atoms with Crippen molar-refractivity contribution >= 4 is 5.91 Å². The van der Waals surface area contributed by atoms with Crippen molar-refractivity contribution in [2.24, 2.45) is 5.73 Å². The molecule has 0 aromatic rings. The van der Waals surface area contributed by atoms with E-state index in [1.54, 1.807) is 13.8 Å². The molecule has 74 valence electrons. The highest BCUT2D eigenvalue weighted by Gasteiger charge is 2.20. The number of amides is 1. The second-order valence-corrected chi connectivity index (χ2v) is 3.65. The molecule has 0 aromatic carbocycles. The number of terminal acetylenes is 1. The normalized spacial score (nSPS) is 13.2. The lowest BCUT2D eigenvalue weighted by Gasteiger charge is -2.21. The minimum atomic E-state index is -0.609. The van der Waals surface area contributed by atoms with Gasteiger partial charge in [0.2, 0.25) is 5.91 Å². The number of carbonyl (C=O) groups is 1. The lowest BCUT2D eigenvalue weighted by Crippen LogP contribution is -2.49. The number of hydrogen-bond acceptors (Lipinski definition) is 2. The molecule has 0 aromatic heterocycles. The third-order valence-electron chi connectivity index (χ3n) is 1.73. The van der Waals surface area contributed by atoms with Crippen LogP contribution in [0.2, 0.25) is 0 Å². The molecular formula is C10H18N2O. The Bertz CT molecular complexity index is 215. The summed E-state index contributed by atoms with van der Waals surface area (Å²) >= 11 is 0. The van der Waals surface area contributed by atoms with E-state index in [1.807, 2.05) is 6.92 Å². The molecule has 3 N–H and O–H groups in total. The van der Waals surface area contributed by atoms with E-state index in [0.717, 1.165) is 6.42 Å². The van der Waals surface area contributed by atoms with Gasteiger partial charge in [0, 0.05) is 0 Å². The van der Waals surface area contributed by atoms with Gasteiger partial charge in [-0.1, -0.05) is 19.3 Å². The number of nitrogens with two attached hydrogens (primary N) is 1. The molecule has 13 heavy (non-hydrogen) atoms. The van der Waals surface area contributed by atoms with Gasteiger partial charge in [0.25, 0.3) is 0 Å². The van der Waals surface area contributed by atoms with Crippen molar-refractivity contribution in [1.29, 1.82) is 0 Å². The summed E-state index contributed by atoms with van der Waals surface area (Å²) in [5.74, 6) is 2.31. The van der Waals surface area contributed by atoms with Gasteiger partial charge in [0.1, 0.15) is 0 Å². The molecule has 0 radical (unpaired) electrons. The zero-order valence-electron chi connectivity index (χ0n) is 8.55. The van der Waals surface area contributed by atoms with E-state index in [1.165, 1.54) is 0 Å². The van der Waals surface area contributed by atoms with Gasteiger partial charge >= 0.3 is 0 Å². The predicted octanol–water partition coefficient (Wildman–Crippen LogP) is 0.642. The molecule has 0 saturated carbocycles. The molecule has 0 unspecified atom stereocenters. The minimum absolute atomic E-state index is 0.176. The smallest absolute Gasteiger partial charge is 0.238 e. The minimum Gasteiger partial charge on any atom is -0.339 e. The Hall–Kier alpha value is -1.01. The third-order valence-corrected chi connectivity index (χ3v) is 1.73. The highest BCUT2D eigenvalue weighted by molar-refractivity contribution is 5.82. The maximum Gasteiger partial charge on any atom is 0.238 e. The summed E-state index contributed by atoms with van der Waals surface area (Å²) in [7, 11) is 0. The van der Waals surface area contributed by atoms with Crippen LogP contribution in [0.15, 0.2) is 0 Å². The Morgan fingerprint density at radius 1 is 1.69 bits per heavy atom. The predicted molar refractivity (Wildman–Crippen MR) is 53.9 cm³/mol. The Kier molecular flexibility index (Phi) is 4.50. The first-order valence-electron chi connectivity index (χ1n) is 4.48. The van der Waals surface area contributed by atoms with E-state index >= 15 is 0 Å². The third kappa shape index (κ3) is 4.54.